The quantitative estimate of drug-likeness (QED) is 0.562. The molecule has 0 aliphatic carbocycles. The Hall–Kier alpha value is -3.08. The first-order valence-corrected chi connectivity index (χ1v) is 6.75. The summed E-state index contributed by atoms with van der Waals surface area (Å²) in [4.78, 5) is 24.2. The third-order valence-electron chi connectivity index (χ3n) is 3.42. The normalized spacial score (nSPS) is 10.6. The maximum atomic E-state index is 12.3. The third-order valence-corrected chi connectivity index (χ3v) is 3.42. The molecule has 5 nitrogen and oxygen atoms in total. The number of benzene rings is 2. The van der Waals surface area contributed by atoms with E-state index in [4.69, 9.17) is 10.2 Å². The zero-order chi connectivity index (χ0) is 15.7. The topological polar surface area (TPSA) is 85.3 Å². The van der Waals surface area contributed by atoms with Crippen molar-refractivity contribution < 1.29 is 9.21 Å². The second kappa shape index (κ2) is 5.37. The van der Waals surface area contributed by atoms with Gasteiger partial charge in [-0.05, 0) is 36.8 Å². The lowest BCUT2D eigenvalue weighted by atomic mass is 10.1. The maximum absolute atomic E-state index is 12.3. The number of carbonyl (C=O) groups excluding carboxylic acids is 1. The van der Waals surface area contributed by atoms with Gasteiger partial charge in [0.2, 0.25) is 0 Å². The summed E-state index contributed by atoms with van der Waals surface area (Å²) in [7, 11) is 0. The first-order chi connectivity index (χ1) is 10.5. The van der Waals surface area contributed by atoms with Crippen LogP contribution in [-0.4, -0.2) is 5.91 Å². The number of hydrogen-bond donors (Lipinski definition) is 2. The lowest BCUT2D eigenvalue weighted by Crippen LogP contribution is -2.20. The number of nitrogen functional groups attached to an aromatic ring is 1. The van der Waals surface area contributed by atoms with Gasteiger partial charge >= 0.3 is 5.63 Å². The highest BCUT2D eigenvalue weighted by molar-refractivity contribution is 6.05. The summed E-state index contributed by atoms with van der Waals surface area (Å²) in [6.07, 6.45) is 0. The Bertz CT molecular complexity index is 929. The average Bonchev–Trinajstić information content (AvgIpc) is 2.50. The van der Waals surface area contributed by atoms with Crippen molar-refractivity contribution >= 4 is 28.3 Å². The fourth-order valence-corrected chi connectivity index (χ4v) is 2.14. The van der Waals surface area contributed by atoms with Crippen LogP contribution in [-0.2, 0) is 0 Å². The zero-order valence-corrected chi connectivity index (χ0v) is 11.9. The summed E-state index contributed by atoms with van der Waals surface area (Å²) < 4.78 is 5.15. The highest BCUT2D eigenvalue weighted by Crippen LogP contribution is 2.18. The van der Waals surface area contributed by atoms with Crippen LogP contribution in [0.5, 0.6) is 0 Å². The van der Waals surface area contributed by atoms with Crippen LogP contribution < -0.4 is 16.7 Å². The highest BCUT2D eigenvalue weighted by atomic mass is 16.4. The van der Waals surface area contributed by atoms with E-state index in [9.17, 15) is 9.59 Å². The van der Waals surface area contributed by atoms with Crippen LogP contribution in [0.1, 0.15) is 15.9 Å². The Kier molecular flexibility index (Phi) is 3.39. The van der Waals surface area contributed by atoms with E-state index in [-0.39, 0.29) is 5.56 Å². The van der Waals surface area contributed by atoms with Crippen LogP contribution in [0.15, 0.2) is 57.7 Å². The molecule has 3 aromatic rings. The number of anilines is 2. The molecule has 22 heavy (non-hydrogen) atoms. The standard InChI is InChI=1S/C17H14N2O3/c1-10-6-7-12(9-14(10)18)19-16(20)13-8-11-4-2-3-5-15(11)22-17(13)21/h2-9H,18H2,1H3,(H,19,20). The van der Waals surface area contributed by atoms with E-state index in [1.807, 2.05) is 13.0 Å². The van der Waals surface area contributed by atoms with Gasteiger partial charge in [-0.25, -0.2) is 4.79 Å². The van der Waals surface area contributed by atoms with Crippen molar-refractivity contribution in [3.63, 3.8) is 0 Å². The summed E-state index contributed by atoms with van der Waals surface area (Å²) in [5.41, 5.74) is 7.56. The molecule has 0 bridgehead atoms. The minimum absolute atomic E-state index is 0.0437. The molecule has 3 N–H and O–H groups in total. The molecular weight excluding hydrogens is 280 g/mol. The molecule has 1 heterocycles. The van der Waals surface area contributed by atoms with Crippen LogP contribution in [0.3, 0.4) is 0 Å². The van der Waals surface area contributed by atoms with Gasteiger partial charge in [0.15, 0.2) is 0 Å². The Morgan fingerprint density at radius 1 is 1.14 bits per heavy atom. The molecule has 3 rings (SSSR count). The molecule has 0 fully saturated rings. The second-order valence-corrected chi connectivity index (χ2v) is 5.01. The second-order valence-electron chi connectivity index (χ2n) is 5.01. The van der Waals surface area contributed by atoms with Crippen molar-refractivity contribution in [1.82, 2.24) is 0 Å². The van der Waals surface area contributed by atoms with Gasteiger partial charge in [0.25, 0.3) is 5.91 Å². The number of fused-ring (bicyclic) bond motifs is 1. The Morgan fingerprint density at radius 3 is 2.68 bits per heavy atom. The molecule has 0 radical (unpaired) electrons. The molecule has 2 aromatic carbocycles. The van der Waals surface area contributed by atoms with Crippen LogP contribution in [0.2, 0.25) is 0 Å². The minimum Gasteiger partial charge on any atom is -0.422 e. The van der Waals surface area contributed by atoms with Crippen molar-refractivity contribution in [1.29, 1.82) is 0 Å². The number of aryl methyl sites for hydroxylation is 1. The van der Waals surface area contributed by atoms with Crippen molar-refractivity contribution in [3.05, 3.63) is 70.1 Å². The zero-order valence-electron chi connectivity index (χ0n) is 11.9. The van der Waals surface area contributed by atoms with Crippen molar-refractivity contribution in [2.75, 3.05) is 11.1 Å². The van der Waals surface area contributed by atoms with Gasteiger partial charge in [-0.15, -0.1) is 0 Å². The first-order valence-electron chi connectivity index (χ1n) is 6.75. The average molecular weight is 294 g/mol. The summed E-state index contributed by atoms with van der Waals surface area (Å²) in [6.45, 7) is 1.87. The number of carbonyl (C=O) groups is 1. The molecule has 110 valence electrons. The first kappa shape index (κ1) is 13.9. The van der Waals surface area contributed by atoms with Gasteiger partial charge in [0, 0.05) is 16.8 Å². The largest absolute Gasteiger partial charge is 0.422 e. The highest BCUT2D eigenvalue weighted by Gasteiger charge is 2.14. The number of hydrogen-bond acceptors (Lipinski definition) is 4. The van der Waals surface area contributed by atoms with Gasteiger partial charge in [-0.2, -0.15) is 0 Å². The molecule has 0 saturated heterocycles. The van der Waals surface area contributed by atoms with Gasteiger partial charge in [0.1, 0.15) is 11.1 Å². The minimum atomic E-state index is -0.670. The summed E-state index contributed by atoms with van der Waals surface area (Å²) in [5.74, 6) is -0.525. The van der Waals surface area contributed by atoms with E-state index < -0.39 is 11.5 Å². The summed E-state index contributed by atoms with van der Waals surface area (Å²) in [6, 6.07) is 13.7. The molecule has 0 atom stereocenters. The summed E-state index contributed by atoms with van der Waals surface area (Å²) >= 11 is 0. The number of nitrogens with two attached hydrogens (primary N) is 1. The van der Waals surface area contributed by atoms with Crippen LogP contribution >= 0.6 is 0 Å². The maximum Gasteiger partial charge on any atom is 0.349 e. The molecule has 5 heteroatoms. The van der Waals surface area contributed by atoms with Gasteiger partial charge in [-0.3, -0.25) is 4.79 Å². The molecule has 0 unspecified atom stereocenters. The Balaban J connectivity index is 1.96. The Labute approximate surface area is 126 Å². The Morgan fingerprint density at radius 2 is 1.91 bits per heavy atom. The fourth-order valence-electron chi connectivity index (χ4n) is 2.14. The summed E-state index contributed by atoms with van der Waals surface area (Å²) in [5, 5.41) is 3.34. The van der Waals surface area contributed by atoms with E-state index in [2.05, 4.69) is 5.32 Å². The predicted molar refractivity (Wildman–Crippen MR) is 86.0 cm³/mol. The van der Waals surface area contributed by atoms with E-state index in [0.717, 1.165) is 5.56 Å². The van der Waals surface area contributed by atoms with Gasteiger partial charge < -0.3 is 15.5 Å². The molecule has 0 aliphatic rings. The number of para-hydroxylation sites is 1. The number of rotatable bonds is 2. The fraction of sp³-hybridized carbons (Fsp3) is 0.0588. The lowest BCUT2D eigenvalue weighted by Gasteiger charge is -2.07. The van der Waals surface area contributed by atoms with Gasteiger partial charge in [0.05, 0.1) is 0 Å². The van der Waals surface area contributed by atoms with Crippen LogP contribution in [0, 0.1) is 6.92 Å². The van der Waals surface area contributed by atoms with E-state index in [1.54, 1.807) is 36.4 Å². The predicted octanol–water partition coefficient (Wildman–Crippen LogP) is 2.94. The van der Waals surface area contributed by atoms with Crippen LogP contribution in [0.4, 0.5) is 11.4 Å². The van der Waals surface area contributed by atoms with Crippen LogP contribution in [0.25, 0.3) is 11.0 Å². The molecule has 0 aliphatic heterocycles. The molecule has 0 saturated carbocycles. The van der Waals surface area contributed by atoms with E-state index >= 15 is 0 Å². The van der Waals surface area contributed by atoms with E-state index in [1.165, 1.54) is 6.07 Å². The number of amides is 1. The van der Waals surface area contributed by atoms with Gasteiger partial charge in [-0.1, -0.05) is 24.3 Å². The number of nitrogens with one attached hydrogen (secondary N) is 1. The third kappa shape index (κ3) is 2.56. The molecule has 1 aromatic heterocycles. The molecule has 1 amide bonds. The van der Waals surface area contributed by atoms with Crippen molar-refractivity contribution in [2.45, 2.75) is 6.92 Å². The lowest BCUT2D eigenvalue weighted by molar-refractivity contribution is 0.102. The SMILES string of the molecule is Cc1ccc(NC(=O)c2cc3ccccc3oc2=O)cc1N. The van der Waals surface area contributed by atoms with E-state index in [0.29, 0.717) is 22.3 Å². The van der Waals surface area contributed by atoms with Crippen molar-refractivity contribution in [3.8, 4) is 0 Å². The van der Waals surface area contributed by atoms with Crippen molar-refractivity contribution in [2.24, 2.45) is 0 Å². The molecular formula is C17H14N2O3. The monoisotopic (exact) mass is 294 g/mol. The smallest absolute Gasteiger partial charge is 0.349 e. The molecule has 0 spiro atoms.